The maximum absolute atomic E-state index is 13.4. The fourth-order valence-corrected chi connectivity index (χ4v) is 4.18. The molecule has 1 fully saturated rings. The van der Waals surface area contributed by atoms with Crippen molar-refractivity contribution in [3.63, 3.8) is 0 Å². The van der Waals surface area contributed by atoms with Crippen LogP contribution in [0.2, 0.25) is 0 Å². The molecule has 0 spiro atoms. The van der Waals surface area contributed by atoms with Crippen LogP contribution in [0.4, 0.5) is 5.69 Å². The molecule has 1 aliphatic rings. The number of carbonyl (C=O) groups excluding carboxylic acids is 1. The molecule has 3 aromatic carbocycles. The number of carbonyl (C=O) groups is 1. The molecule has 28 heavy (non-hydrogen) atoms. The SMILES string of the molecule is O=C(Nc1ccc2c(c1)oc1ccccc12)C1(c2ccccc2)CCOCC1. The molecule has 0 atom stereocenters. The van der Waals surface area contributed by atoms with Crippen molar-refractivity contribution in [2.45, 2.75) is 18.3 Å². The molecule has 0 radical (unpaired) electrons. The van der Waals surface area contributed by atoms with E-state index in [9.17, 15) is 4.79 Å². The van der Waals surface area contributed by atoms with Gasteiger partial charge in [-0.1, -0.05) is 48.5 Å². The van der Waals surface area contributed by atoms with Gasteiger partial charge in [-0.05, 0) is 36.6 Å². The first-order valence-electron chi connectivity index (χ1n) is 9.62. The number of hydrogen-bond acceptors (Lipinski definition) is 3. The third-order valence-corrected chi connectivity index (χ3v) is 5.74. The van der Waals surface area contributed by atoms with Crippen molar-refractivity contribution in [2.75, 3.05) is 18.5 Å². The highest BCUT2D eigenvalue weighted by molar-refractivity contribution is 6.07. The Morgan fingerprint density at radius 3 is 2.36 bits per heavy atom. The molecular formula is C24H21NO3. The number of ether oxygens (including phenoxy) is 1. The molecule has 4 nitrogen and oxygen atoms in total. The zero-order valence-electron chi connectivity index (χ0n) is 15.5. The molecule has 0 unspecified atom stereocenters. The highest BCUT2D eigenvalue weighted by atomic mass is 16.5. The van der Waals surface area contributed by atoms with Gasteiger partial charge in [-0.25, -0.2) is 0 Å². The summed E-state index contributed by atoms with van der Waals surface area (Å²) in [7, 11) is 0. The quantitative estimate of drug-likeness (QED) is 0.533. The fraction of sp³-hybridized carbons (Fsp3) is 0.208. The standard InChI is InChI=1S/C24H21NO3/c26-23(24(12-14-27-15-13-24)17-6-2-1-3-7-17)25-18-10-11-20-19-8-4-5-9-21(19)28-22(20)16-18/h1-11,16H,12-15H2,(H,25,26). The summed E-state index contributed by atoms with van der Waals surface area (Å²) in [5.74, 6) is 0.0115. The molecule has 1 saturated heterocycles. The Balaban J connectivity index is 1.50. The molecule has 4 aromatic rings. The van der Waals surface area contributed by atoms with Crippen LogP contribution in [0.3, 0.4) is 0 Å². The Bertz CT molecular complexity index is 1140. The lowest BCUT2D eigenvalue weighted by atomic mass is 9.73. The van der Waals surface area contributed by atoms with Crippen LogP contribution in [-0.2, 0) is 14.9 Å². The molecule has 1 aromatic heterocycles. The van der Waals surface area contributed by atoms with Gasteiger partial charge < -0.3 is 14.5 Å². The van der Waals surface area contributed by atoms with Crippen molar-refractivity contribution < 1.29 is 13.9 Å². The summed E-state index contributed by atoms with van der Waals surface area (Å²) in [6.45, 7) is 1.18. The van der Waals surface area contributed by atoms with Crippen molar-refractivity contribution in [1.82, 2.24) is 0 Å². The Hall–Kier alpha value is -3.11. The van der Waals surface area contributed by atoms with Gasteiger partial charge in [0.25, 0.3) is 0 Å². The summed E-state index contributed by atoms with van der Waals surface area (Å²) in [6.07, 6.45) is 1.35. The Kier molecular flexibility index (Phi) is 4.14. The van der Waals surface area contributed by atoms with Gasteiger partial charge >= 0.3 is 0 Å². The predicted octanol–water partition coefficient (Wildman–Crippen LogP) is 5.27. The molecular weight excluding hydrogens is 350 g/mol. The second-order valence-corrected chi connectivity index (χ2v) is 7.32. The molecule has 4 heteroatoms. The zero-order valence-corrected chi connectivity index (χ0v) is 15.5. The third-order valence-electron chi connectivity index (χ3n) is 5.74. The summed E-state index contributed by atoms with van der Waals surface area (Å²) in [6, 6.07) is 23.8. The van der Waals surface area contributed by atoms with Crippen molar-refractivity contribution in [3.8, 4) is 0 Å². The number of fused-ring (bicyclic) bond motifs is 3. The highest BCUT2D eigenvalue weighted by Crippen LogP contribution is 2.37. The van der Waals surface area contributed by atoms with Gasteiger partial charge in [0, 0.05) is 35.7 Å². The lowest BCUT2D eigenvalue weighted by Gasteiger charge is -2.36. The van der Waals surface area contributed by atoms with Crippen molar-refractivity contribution >= 4 is 33.5 Å². The van der Waals surface area contributed by atoms with Gasteiger partial charge in [-0.3, -0.25) is 4.79 Å². The van der Waals surface area contributed by atoms with E-state index in [1.807, 2.05) is 72.8 Å². The lowest BCUT2D eigenvalue weighted by molar-refractivity contribution is -0.125. The second kappa shape index (κ2) is 6.80. The van der Waals surface area contributed by atoms with Gasteiger partial charge in [0.2, 0.25) is 5.91 Å². The lowest BCUT2D eigenvalue weighted by Crippen LogP contribution is -2.44. The average Bonchev–Trinajstić information content (AvgIpc) is 3.12. The number of amides is 1. The second-order valence-electron chi connectivity index (χ2n) is 7.32. The van der Waals surface area contributed by atoms with Crippen molar-refractivity contribution in [2.24, 2.45) is 0 Å². The fourth-order valence-electron chi connectivity index (χ4n) is 4.18. The number of anilines is 1. The maximum Gasteiger partial charge on any atom is 0.235 e. The number of rotatable bonds is 3. The number of para-hydroxylation sites is 1. The summed E-state index contributed by atoms with van der Waals surface area (Å²) < 4.78 is 11.5. The summed E-state index contributed by atoms with van der Waals surface area (Å²) in [5.41, 5.74) is 2.85. The van der Waals surface area contributed by atoms with Crippen LogP contribution in [0.5, 0.6) is 0 Å². The number of hydrogen-bond donors (Lipinski definition) is 1. The first kappa shape index (κ1) is 17.0. The molecule has 1 N–H and O–H groups in total. The minimum absolute atomic E-state index is 0.0115. The van der Waals surface area contributed by atoms with Crippen LogP contribution in [0.1, 0.15) is 18.4 Å². The Labute approximate surface area is 163 Å². The summed E-state index contributed by atoms with van der Waals surface area (Å²) in [5, 5.41) is 5.27. The van der Waals surface area contributed by atoms with Crippen LogP contribution in [-0.4, -0.2) is 19.1 Å². The minimum atomic E-state index is -0.567. The smallest absolute Gasteiger partial charge is 0.235 e. The average molecular weight is 371 g/mol. The van der Waals surface area contributed by atoms with Gasteiger partial charge in [0.15, 0.2) is 0 Å². The van der Waals surface area contributed by atoms with Crippen molar-refractivity contribution in [1.29, 1.82) is 0 Å². The van der Waals surface area contributed by atoms with Gasteiger partial charge in [-0.2, -0.15) is 0 Å². The molecule has 140 valence electrons. The molecule has 1 amide bonds. The highest BCUT2D eigenvalue weighted by Gasteiger charge is 2.41. The van der Waals surface area contributed by atoms with Crippen LogP contribution >= 0.6 is 0 Å². The summed E-state index contributed by atoms with van der Waals surface area (Å²) >= 11 is 0. The zero-order chi connectivity index (χ0) is 19.0. The monoisotopic (exact) mass is 371 g/mol. The minimum Gasteiger partial charge on any atom is -0.456 e. The predicted molar refractivity (Wildman–Crippen MR) is 111 cm³/mol. The van der Waals surface area contributed by atoms with Crippen LogP contribution in [0.25, 0.3) is 21.9 Å². The van der Waals surface area contributed by atoms with E-state index >= 15 is 0 Å². The topological polar surface area (TPSA) is 51.5 Å². The molecule has 5 rings (SSSR count). The van der Waals surface area contributed by atoms with E-state index in [0.717, 1.165) is 33.2 Å². The van der Waals surface area contributed by atoms with Crippen LogP contribution < -0.4 is 5.32 Å². The normalized spacial score (nSPS) is 16.3. The third kappa shape index (κ3) is 2.77. The van der Waals surface area contributed by atoms with E-state index in [1.165, 1.54) is 0 Å². The number of nitrogens with one attached hydrogen (secondary N) is 1. The van der Waals surface area contributed by atoms with Gasteiger partial charge in [0.05, 0.1) is 5.41 Å². The van der Waals surface area contributed by atoms with E-state index < -0.39 is 5.41 Å². The maximum atomic E-state index is 13.4. The largest absolute Gasteiger partial charge is 0.456 e. The molecule has 2 heterocycles. The first-order chi connectivity index (χ1) is 13.8. The Morgan fingerprint density at radius 2 is 1.54 bits per heavy atom. The van der Waals surface area contributed by atoms with E-state index in [1.54, 1.807) is 0 Å². The van der Waals surface area contributed by atoms with Gasteiger partial charge in [0.1, 0.15) is 11.2 Å². The first-order valence-corrected chi connectivity index (χ1v) is 9.62. The number of benzene rings is 3. The molecule has 0 aliphatic carbocycles. The number of furan rings is 1. The van der Waals surface area contributed by atoms with Crippen molar-refractivity contribution in [3.05, 3.63) is 78.4 Å². The van der Waals surface area contributed by atoms with E-state index in [2.05, 4.69) is 5.32 Å². The van der Waals surface area contributed by atoms with Crippen LogP contribution in [0.15, 0.2) is 77.2 Å². The van der Waals surface area contributed by atoms with Gasteiger partial charge in [-0.15, -0.1) is 0 Å². The van der Waals surface area contributed by atoms with E-state index in [-0.39, 0.29) is 5.91 Å². The van der Waals surface area contributed by atoms with E-state index in [0.29, 0.717) is 26.1 Å². The molecule has 0 saturated carbocycles. The van der Waals surface area contributed by atoms with Crippen LogP contribution in [0, 0.1) is 0 Å². The summed E-state index contributed by atoms with van der Waals surface area (Å²) in [4.78, 5) is 13.4. The molecule has 1 aliphatic heterocycles. The Morgan fingerprint density at radius 1 is 0.821 bits per heavy atom. The van der Waals surface area contributed by atoms with E-state index in [4.69, 9.17) is 9.15 Å². The molecule has 0 bridgehead atoms.